The van der Waals surface area contributed by atoms with Gasteiger partial charge in [0.25, 0.3) is 17.4 Å². The van der Waals surface area contributed by atoms with Crippen molar-refractivity contribution in [2.75, 3.05) is 0 Å². The van der Waals surface area contributed by atoms with Gasteiger partial charge in [0.1, 0.15) is 5.69 Å². The fourth-order valence-corrected chi connectivity index (χ4v) is 4.18. The lowest BCUT2D eigenvalue weighted by Gasteiger charge is -2.15. The Hall–Kier alpha value is -4.80. The minimum absolute atomic E-state index is 0.0660. The van der Waals surface area contributed by atoms with E-state index in [1.165, 1.54) is 22.8 Å². The maximum Gasteiger partial charge on any atom is 0.416 e. The van der Waals surface area contributed by atoms with Crippen LogP contribution in [0.3, 0.4) is 0 Å². The first-order chi connectivity index (χ1) is 18.1. The number of fused-ring (bicyclic) bond motifs is 2. The van der Waals surface area contributed by atoms with Crippen molar-refractivity contribution in [3.63, 3.8) is 0 Å². The van der Waals surface area contributed by atoms with Crippen LogP contribution in [0.25, 0.3) is 11.0 Å². The SMILES string of the molecule is O=C(CCc1nc2cc(C(F)(F)F)ccc2n(Cc2ccccc2)c1=O)ON1C(=O)c2ccccc2C1=O. The molecule has 0 saturated heterocycles. The van der Waals surface area contributed by atoms with Crippen molar-refractivity contribution < 1.29 is 32.4 Å². The number of alkyl halides is 3. The molecule has 0 saturated carbocycles. The van der Waals surface area contributed by atoms with E-state index in [-0.39, 0.29) is 40.8 Å². The van der Waals surface area contributed by atoms with Crippen molar-refractivity contribution in [3.05, 3.63) is 111 Å². The second-order valence-electron chi connectivity index (χ2n) is 8.55. The highest BCUT2D eigenvalue weighted by molar-refractivity contribution is 6.20. The largest absolute Gasteiger partial charge is 0.416 e. The number of hydrogen-bond donors (Lipinski definition) is 0. The van der Waals surface area contributed by atoms with Gasteiger partial charge >= 0.3 is 12.1 Å². The van der Waals surface area contributed by atoms with Crippen LogP contribution in [0, 0.1) is 0 Å². The molecule has 0 unspecified atom stereocenters. The summed E-state index contributed by atoms with van der Waals surface area (Å²) in [4.78, 5) is 59.7. The summed E-state index contributed by atoms with van der Waals surface area (Å²) < 4.78 is 41.3. The van der Waals surface area contributed by atoms with Gasteiger partial charge in [0.05, 0.1) is 40.7 Å². The number of hydroxylamine groups is 2. The van der Waals surface area contributed by atoms with Crippen molar-refractivity contribution in [3.8, 4) is 0 Å². The third kappa shape index (κ3) is 4.65. The van der Waals surface area contributed by atoms with Crippen LogP contribution < -0.4 is 5.56 Å². The number of aromatic nitrogens is 2. The van der Waals surface area contributed by atoms with E-state index in [0.29, 0.717) is 5.06 Å². The standard InChI is InChI=1S/C27H18F3N3O5/c28-27(29,30)17-10-12-22-21(14-17)31-20(26(37)32(22)15-16-6-2-1-3-7-16)11-13-23(34)38-33-24(35)18-8-4-5-9-19(18)25(33)36/h1-10,12,14H,11,13,15H2. The first kappa shape index (κ1) is 24.9. The Labute approximate surface area is 212 Å². The molecule has 0 atom stereocenters. The number of amides is 2. The molecule has 11 heteroatoms. The Morgan fingerprint density at radius 3 is 2.13 bits per heavy atom. The fourth-order valence-electron chi connectivity index (χ4n) is 4.18. The van der Waals surface area contributed by atoms with E-state index >= 15 is 0 Å². The molecule has 0 N–H and O–H groups in total. The summed E-state index contributed by atoms with van der Waals surface area (Å²) in [5.41, 5.74) is -0.641. The van der Waals surface area contributed by atoms with Crippen molar-refractivity contribution in [1.82, 2.24) is 14.6 Å². The molecule has 3 aromatic carbocycles. The van der Waals surface area contributed by atoms with E-state index in [4.69, 9.17) is 4.84 Å². The van der Waals surface area contributed by atoms with E-state index in [2.05, 4.69) is 4.98 Å². The van der Waals surface area contributed by atoms with Gasteiger partial charge in [-0.15, -0.1) is 0 Å². The second kappa shape index (κ2) is 9.58. The first-order valence-electron chi connectivity index (χ1n) is 11.5. The minimum Gasteiger partial charge on any atom is -0.330 e. The van der Waals surface area contributed by atoms with Gasteiger partial charge in [-0.3, -0.25) is 14.4 Å². The van der Waals surface area contributed by atoms with Crippen molar-refractivity contribution in [1.29, 1.82) is 0 Å². The third-order valence-electron chi connectivity index (χ3n) is 6.04. The summed E-state index contributed by atoms with van der Waals surface area (Å²) in [6, 6.07) is 17.7. The average molecular weight is 521 g/mol. The zero-order chi connectivity index (χ0) is 27.0. The second-order valence-corrected chi connectivity index (χ2v) is 8.55. The molecule has 0 bridgehead atoms. The average Bonchev–Trinajstić information content (AvgIpc) is 3.14. The number of imide groups is 1. The number of halogens is 3. The highest BCUT2D eigenvalue weighted by atomic mass is 19.4. The van der Waals surface area contributed by atoms with E-state index in [1.807, 2.05) is 0 Å². The minimum atomic E-state index is -4.62. The molecule has 192 valence electrons. The summed E-state index contributed by atoms with van der Waals surface area (Å²) in [7, 11) is 0. The number of hydrogen-bond acceptors (Lipinski definition) is 6. The van der Waals surface area contributed by atoms with Gasteiger partial charge in [0.15, 0.2) is 0 Å². The zero-order valence-corrected chi connectivity index (χ0v) is 19.6. The van der Waals surface area contributed by atoms with Gasteiger partial charge < -0.3 is 9.40 Å². The topological polar surface area (TPSA) is 98.6 Å². The number of carbonyl (C=O) groups excluding carboxylic acids is 3. The number of aryl methyl sites for hydroxylation is 1. The molecule has 0 spiro atoms. The van der Waals surface area contributed by atoms with Crippen LogP contribution in [-0.4, -0.2) is 32.4 Å². The lowest BCUT2D eigenvalue weighted by Crippen LogP contribution is -2.33. The Balaban J connectivity index is 1.42. The van der Waals surface area contributed by atoms with E-state index in [1.54, 1.807) is 42.5 Å². The van der Waals surface area contributed by atoms with Gasteiger partial charge in [-0.25, -0.2) is 9.78 Å². The summed E-state index contributed by atoms with van der Waals surface area (Å²) >= 11 is 0. The normalized spacial score (nSPS) is 13.2. The van der Waals surface area contributed by atoms with Crippen molar-refractivity contribution in [2.24, 2.45) is 0 Å². The van der Waals surface area contributed by atoms with Crippen molar-refractivity contribution in [2.45, 2.75) is 25.6 Å². The smallest absolute Gasteiger partial charge is 0.330 e. The van der Waals surface area contributed by atoms with Crippen LogP contribution in [0.4, 0.5) is 13.2 Å². The quantitative estimate of drug-likeness (QED) is 0.354. The Bertz CT molecular complexity index is 1610. The molecule has 2 amide bonds. The van der Waals surface area contributed by atoms with Gasteiger partial charge in [-0.1, -0.05) is 47.5 Å². The molecular formula is C27H18F3N3O5. The lowest BCUT2D eigenvalue weighted by atomic mass is 10.1. The summed E-state index contributed by atoms with van der Waals surface area (Å²) in [6.07, 6.45) is -5.36. The molecule has 2 heterocycles. The zero-order valence-electron chi connectivity index (χ0n) is 19.6. The van der Waals surface area contributed by atoms with Gasteiger partial charge in [0, 0.05) is 6.42 Å². The van der Waals surface area contributed by atoms with E-state index < -0.39 is 41.5 Å². The fraction of sp³-hybridized carbons (Fsp3) is 0.148. The van der Waals surface area contributed by atoms with Gasteiger partial charge in [-0.2, -0.15) is 13.2 Å². The van der Waals surface area contributed by atoms with E-state index in [9.17, 15) is 32.3 Å². The molecule has 8 nitrogen and oxygen atoms in total. The molecule has 4 aromatic rings. The Kier molecular flexibility index (Phi) is 6.27. The highest BCUT2D eigenvalue weighted by Crippen LogP contribution is 2.31. The number of benzene rings is 3. The summed E-state index contributed by atoms with van der Waals surface area (Å²) in [5, 5.41) is 0.351. The predicted octanol–water partition coefficient (Wildman–Crippen LogP) is 4.15. The number of nitrogens with zero attached hydrogens (tertiary/aromatic N) is 3. The Morgan fingerprint density at radius 2 is 1.50 bits per heavy atom. The van der Waals surface area contributed by atoms with Crippen LogP contribution in [0.5, 0.6) is 0 Å². The van der Waals surface area contributed by atoms with Crippen LogP contribution in [0.2, 0.25) is 0 Å². The molecule has 1 aromatic heterocycles. The van der Waals surface area contributed by atoms with Crippen LogP contribution in [0.1, 0.15) is 44.0 Å². The molecule has 1 aliphatic heterocycles. The summed E-state index contributed by atoms with van der Waals surface area (Å²) in [5.74, 6) is -2.58. The number of carbonyl (C=O) groups is 3. The molecule has 5 rings (SSSR count). The molecule has 1 aliphatic rings. The molecule has 38 heavy (non-hydrogen) atoms. The van der Waals surface area contributed by atoms with Crippen LogP contribution in [-0.2, 0) is 28.8 Å². The maximum atomic E-state index is 13.3. The van der Waals surface area contributed by atoms with Gasteiger partial charge in [0.2, 0.25) is 0 Å². The summed E-state index contributed by atoms with van der Waals surface area (Å²) in [6.45, 7) is 0.0660. The molecule has 0 fully saturated rings. The highest BCUT2D eigenvalue weighted by Gasteiger charge is 2.38. The third-order valence-corrected chi connectivity index (χ3v) is 6.04. The maximum absolute atomic E-state index is 13.3. The van der Waals surface area contributed by atoms with Crippen LogP contribution in [0.15, 0.2) is 77.6 Å². The van der Waals surface area contributed by atoms with E-state index in [0.717, 1.165) is 17.7 Å². The van der Waals surface area contributed by atoms with Gasteiger partial charge in [-0.05, 0) is 35.9 Å². The monoisotopic (exact) mass is 521 g/mol. The van der Waals surface area contributed by atoms with Crippen molar-refractivity contribution >= 4 is 28.8 Å². The van der Waals surface area contributed by atoms with Crippen LogP contribution >= 0.6 is 0 Å². The molecule has 0 radical (unpaired) electrons. The Morgan fingerprint density at radius 1 is 0.868 bits per heavy atom. The lowest BCUT2D eigenvalue weighted by molar-refractivity contribution is -0.168. The predicted molar refractivity (Wildman–Crippen MR) is 128 cm³/mol. The number of rotatable bonds is 6. The molecule has 0 aliphatic carbocycles. The molecular weight excluding hydrogens is 503 g/mol. The first-order valence-corrected chi connectivity index (χ1v) is 11.5.